The molecule has 1 aliphatic rings. The number of carbonyl (C=O) groups excluding carboxylic acids is 1. The van der Waals surface area contributed by atoms with Crippen LogP contribution in [0, 0.1) is 12.7 Å². The Morgan fingerprint density at radius 3 is 2.61 bits per heavy atom. The Labute approximate surface area is 134 Å². The second kappa shape index (κ2) is 6.68. The molecule has 3 rings (SSSR count). The largest absolute Gasteiger partial charge is 0.339 e. The van der Waals surface area contributed by atoms with Gasteiger partial charge in [0.25, 0.3) is 5.91 Å². The van der Waals surface area contributed by atoms with Crippen molar-refractivity contribution < 1.29 is 9.18 Å². The van der Waals surface area contributed by atoms with Gasteiger partial charge in [-0.15, -0.1) is 0 Å². The number of rotatable bonds is 2. The zero-order valence-corrected chi connectivity index (χ0v) is 12.9. The van der Waals surface area contributed by atoms with Gasteiger partial charge in [0.15, 0.2) is 5.82 Å². The fourth-order valence-electron chi connectivity index (χ4n) is 2.64. The smallest absolute Gasteiger partial charge is 0.255 e. The molecule has 0 unspecified atom stereocenters. The van der Waals surface area contributed by atoms with E-state index in [4.69, 9.17) is 0 Å². The first-order valence-electron chi connectivity index (χ1n) is 7.57. The molecule has 1 aliphatic heterocycles. The molecule has 0 radical (unpaired) electrons. The number of aryl methyl sites for hydroxylation is 1. The zero-order chi connectivity index (χ0) is 16.2. The van der Waals surface area contributed by atoms with Gasteiger partial charge in [-0.05, 0) is 25.0 Å². The maximum atomic E-state index is 12.9. The molecule has 0 atom stereocenters. The van der Waals surface area contributed by atoms with Crippen molar-refractivity contribution in [2.75, 3.05) is 31.1 Å². The first-order valence-corrected chi connectivity index (χ1v) is 7.57. The lowest BCUT2D eigenvalue weighted by Gasteiger charge is -2.22. The minimum atomic E-state index is -0.452. The van der Waals surface area contributed by atoms with Crippen LogP contribution in [-0.4, -0.2) is 51.9 Å². The van der Waals surface area contributed by atoms with Crippen molar-refractivity contribution in [2.24, 2.45) is 0 Å². The van der Waals surface area contributed by atoms with Gasteiger partial charge in [0.1, 0.15) is 0 Å². The van der Waals surface area contributed by atoms with Gasteiger partial charge >= 0.3 is 0 Å². The average molecular weight is 315 g/mol. The number of anilines is 1. The van der Waals surface area contributed by atoms with Crippen molar-refractivity contribution in [3.05, 3.63) is 47.8 Å². The number of hydrogen-bond donors (Lipinski definition) is 0. The van der Waals surface area contributed by atoms with Gasteiger partial charge in [-0.2, -0.15) is 0 Å². The van der Waals surface area contributed by atoms with Crippen molar-refractivity contribution >= 4 is 11.9 Å². The second-order valence-electron chi connectivity index (χ2n) is 5.59. The van der Waals surface area contributed by atoms with E-state index in [1.165, 1.54) is 0 Å². The fraction of sp³-hybridized carbons (Fsp3) is 0.375. The van der Waals surface area contributed by atoms with Gasteiger partial charge in [-0.1, -0.05) is 0 Å². The van der Waals surface area contributed by atoms with Crippen LogP contribution in [0.25, 0.3) is 0 Å². The minimum Gasteiger partial charge on any atom is -0.339 e. The van der Waals surface area contributed by atoms with Crippen LogP contribution < -0.4 is 4.90 Å². The predicted molar refractivity (Wildman–Crippen MR) is 83.7 cm³/mol. The number of nitrogens with zero attached hydrogens (tertiary/aromatic N) is 5. The Kier molecular flexibility index (Phi) is 4.45. The third kappa shape index (κ3) is 3.61. The zero-order valence-electron chi connectivity index (χ0n) is 12.9. The first kappa shape index (κ1) is 15.3. The van der Waals surface area contributed by atoms with Crippen LogP contribution in [0.15, 0.2) is 30.9 Å². The molecule has 0 spiro atoms. The molecule has 3 heterocycles. The topological polar surface area (TPSA) is 62.2 Å². The van der Waals surface area contributed by atoms with Gasteiger partial charge in [0.05, 0.1) is 18.0 Å². The van der Waals surface area contributed by atoms with Crippen LogP contribution in [-0.2, 0) is 0 Å². The molecule has 1 amide bonds. The van der Waals surface area contributed by atoms with Gasteiger partial charge in [0.2, 0.25) is 5.95 Å². The molecule has 1 fully saturated rings. The molecule has 0 aliphatic carbocycles. The van der Waals surface area contributed by atoms with Gasteiger partial charge in [-0.25, -0.2) is 14.4 Å². The van der Waals surface area contributed by atoms with E-state index in [0.717, 1.165) is 30.9 Å². The highest BCUT2D eigenvalue weighted by atomic mass is 19.1. The maximum absolute atomic E-state index is 12.9. The third-order valence-corrected chi connectivity index (χ3v) is 3.79. The van der Waals surface area contributed by atoms with E-state index in [1.54, 1.807) is 12.4 Å². The van der Waals surface area contributed by atoms with Crippen LogP contribution in [0.4, 0.5) is 10.3 Å². The summed E-state index contributed by atoms with van der Waals surface area (Å²) in [5.74, 6) is 0.0355. The highest BCUT2D eigenvalue weighted by Crippen LogP contribution is 2.13. The number of pyridine rings is 1. The van der Waals surface area contributed by atoms with E-state index in [1.807, 2.05) is 22.8 Å². The summed E-state index contributed by atoms with van der Waals surface area (Å²) in [6, 6.07) is 1.85. The van der Waals surface area contributed by atoms with Crippen LogP contribution in [0.3, 0.4) is 0 Å². The molecular formula is C16H18FN5O. The Hall–Kier alpha value is -2.57. The van der Waals surface area contributed by atoms with Crippen LogP contribution in [0.5, 0.6) is 0 Å². The quantitative estimate of drug-likeness (QED) is 0.843. The second-order valence-corrected chi connectivity index (χ2v) is 5.59. The highest BCUT2D eigenvalue weighted by Gasteiger charge is 2.21. The van der Waals surface area contributed by atoms with E-state index in [0.29, 0.717) is 31.1 Å². The maximum Gasteiger partial charge on any atom is 0.255 e. The van der Waals surface area contributed by atoms with E-state index in [9.17, 15) is 9.18 Å². The summed E-state index contributed by atoms with van der Waals surface area (Å²) in [7, 11) is 0. The van der Waals surface area contributed by atoms with Crippen molar-refractivity contribution in [1.82, 2.24) is 19.9 Å². The van der Waals surface area contributed by atoms with E-state index in [2.05, 4.69) is 15.0 Å². The fourth-order valence-corrected chi connectivity index (χ4v) is 2.64. The molecular weight excluding hydrogens is 297 g/mol. The van der Waals surface area contributed by atoms with Crippen molar-refractivity contribution in [3.8, 4) is 0 Å². The number of halogens is 1. The molecule has 7 heteroatoms. The van der Waals surface area contributed by atoms with Crippen LogP contribution >= 0.6 is 0 Å². The summed E-state index contributed by atoms with van der Waals surface area (Å²) < 4.78 is 12.9. The molecule has 6 nitrogen and oxygen atoms in total. The van der Waals surface area contributed by atoms with Gasteiger partial charge in [-0.3, -0.25) is 9.78 Å². The lowest BCUT2D eigenvalue weighted by molar-refractivity contribution is 0.0766. The van der Waals surface area contributed by atoms with Gasteiger partial charge in [0, 0.05) is 38.6 Å². The molecule has 2 aromatic heterocycles. The summed E-state index contributed by atoms with van der Waals surface area (Å²) in [6.07, 6.45) is 6.46. The third-order valence-electron chi connectivity index (χ3n) is 3.79. The molecule has 0 N–H and O–H groups in total. The van der Waals surface area contributed by atoms with E-state index < -0.39 is 5.82 Å². The van der Waals surface area contributed by atoms with E-state index in [-0.39, 0.29) is 5.91 Å². The van der Waals surface area contributed by atoms with Crippen LogP contribution in [0.1, 0.15) is 22.3 Å². The van der Waals surface area contributed by atoms with E-state index >= 15 is 0 Å². The summed E-state index contributed by atoms with van der Waals surface area (Å²) >= 11 is 0. The Morgan fingerprint density at radius 1 is 1.09 bits per heavy atom. The molecule has 1 saturated heterocycles. The average Bonchev–Trinajstić information content (AvgIpc) is 2.81. The van der Waals surface area contributed by atoms with Crippen LogP contribution in [0.2, 0.25) is 0 Å². The van der Waals surface area contributed by atoms with Crippen molar-refractivity contribution in [2.45, 2.75) is 13.3 Å². The molecule has 23 heavy (non-hydrogen) atoms. The Balaban J connectivity index is 1.68. The molecule has 0 saturated carbocycles. The number of aromatic nitrogens is 3. The standard InChI is InChI=1S/C16H18FN5O/c1-12-7-13(9-18-8-12)15(23)21-3-2-4-22(6-5-21)16-19-10-14(17)11-20-16/h7-11H,2-6H2,1H3. The van der Waals surface area contributed by atoms with Crippen molar-refractivity contribution in [3.63, 3.8) is 0 Å². The lowest BCUT2D eigenvalue weighted by Crippen LogP contribution is -2.35. The SMILES string of the molecule is Cc1cncc(C(=O)N2CCCN(c3ncc(F)cn3)CC2)c1. The predicted octanol–water partition coefficient (Wildman–Crippen LogP) is 1.67. The summed E-state index contributed by atoms with van der Waals surface area (Å²) in [5, 5.41) is 0. The Bertz CT molecular complexity index is 691. The summed E-state index contributed by atoms with van der Waals surface area (Å²) in [4.78, 5) is 28.5. The summed E-state index contributed by atoms with van der Waals surface area (Å²) in [5.41, 5.74) is 1.57. The Morgan fingerprint density at radius 2 is 1.87 bits per heavy atom. The monoisotopic (exact) mass is 315 g/mol. The van der Waals surface area contributed by atoms with Crippen molar-refractivity contribution in [1.29, 1.82) is 0 Å². The number of carbonyl (C=O) groups is 1. The lowest BCUT2D eigenvalue weighted by atomic mass is 10.2. The molecule has 2 aromatic rings. The molecule has 0 bridgehead atoms. The number of amides is 1. The first-order chi connectivity index (χ1) is 11.1. The molecule has 0 aromatic carbocycles. The molecule has 120 valence electrons. The highest BCUT2D eigenvalue weighted by molar-refractivity contribution is 5.94. The summed E-state index contributed by atoms with van der Waals surface area (Å²) in [6.45, 7) is 4.52. The van der Waals surface area contributed by atoms with Gasteiger partial charge < -0.3 is 9.80 Å². The minimum absolute atomic E-state index is 0.0110. The number of hydrogen-bond acceptors (Lipinski definition) is 5. The normalized spacial score (nSPS) is 15.4.